The zero-order valence-electron chi connectivity index (χ0n) is 7.76. The van der Waals surface area contributed by atoms with Crippen molar-refractivity contribution in [2.24, 2.45) is 3.21 Å². The van der Waals surface area contributed by atoms with Gasteiger partial charge >= 0.3 is 88.3 Å². The van der Waals surface area contributed by atoms with Gasteiger partial charge in [0.25, 0.3) is 0 Å². The Morgan fingerprint density at radius 1 is 1.54 bits per heavy atom. The maximum atomic E-state index is 4.43. The van der Waals surface area contributed by atoms with Crippen molar-refractivity contribution in [1.82, 2.24) is 10.3 Å². The Bertz CT molecular complexity index is 360. The van der Waals surface area contributed by atoms with E-state index in [1.54, 1.807) is 0 Å². The van der Waals surface area contributed by atoms with E-state index in [4.69, 9.17) is 0 Å². The molecule has 1 aliphatic rings. The van der Waals surface area contributed by atoms with Crippen molar-refractivity contribution in [2.45, 2.75) is 13.5 Å². The molecule has 1 aromatic rings. The van der Waals surface area contributed by atoms with Crippen molar-refractivity contribution in [3.63, 3.8) is 0 Å². The van der Waals surface area contributed by atoms with Crippen molar-refractivity contribution >= 4 is 31.2 Å². The van der Waals surface area contributed by atoms with E-state index in [-0.39, 0.29) is 0 Å². The summed E-state index contributed by atoms with van der Waals surface area (Å²) in [6.07, 6.45) is 3.99. The van der Waals surface area contributed by atoms with Crippen molar-refractivity contribution in [3.05, 3.63) is 23.0 Å². The molecular weight excluding hydrogens is 269 g/mol. The van der Waals surface area contributed by atoms with E-state index in [2.05, 4.69) is 20.4 Å². The number of aryl methyl sites for hydroxylation is 1. The zero-order chi connectivity index (χ0) is 9.26. The molecule has 0 saturated heterocycles. The van der Waals surface area contributed by atoms with Gasteiger partial charge in [-0.3, -0.25) is 0 Å². The van der Waals surface area contributed by atoms with Gasteiger partial charge < -0.3 is 0 Å². The molecule has 1 N–H and O–H groups in total. The van der Waals surface area contributed by atoms with Gasteiger partial charge in [-0.15, -0.1) is 0 Å². The summed E-state index contributed by atoms with van der Waals surface area (Å²) in [6.45, 7) is 2.97. The van der Waals surface area contributed by atoms with Crippen molar-refractivity contribution in [3.8, 4) is 0 Å². The molecular formula is C9H11N3Sn. The fraction of sp³-hybridized carbons (Fsp3) is 0.333. The molecule has 0 amide bonds. The zero-order valence-corrected chi connectivity index (χ0v) is 10.6. The molecule has 0 bridgehead atoms. The molecule has 0 fully saturated rings. The average molecular weight is 280 g/mol. The third-order valence-electron chi connectivity index (χ3n) is 2.13. The van der Waals surface area contributed by atoms with Crippen LogP contribution in [0.2, 0.25) is 0 Å². The summed E-state index contributed by atoms with van der Waals surface area (Å²) in [4.78, 5) is 4.37. The van der Waals surface area contributed by atoms with Crippen LogP contribution in [-0.4, -0.2) is 39.7 Å². The summed E-state index contributed by atoms with van der Waals surface area (Å²) in [5.41, 5.74) is 3.75. The van der Waals surface area contributed by atoms with Crippen LogP contribution in [0.15, 0.2) is 9.41 Å². The van der Waals surface area contributed by atoms with Gasteiger partial charge in [0.2, 0.25) is 0 Å². The summed E-state index contributed by atoms with van der Waals surface area (Å²) >= 11 is -0.659. The Labute approximate surface area is 88.3 Å². The van der Waals surface area contributed by atoms with Crippen LogP contribution >= 0.6 is 0 Å². The first-order valence-electron chi connectivity index (χ1n) is 4.25. The quantitative estimate of drug-likeness (QED) is 0.761. The van der Waals surface area contributed by atoms with E-state index < -0.39 is 21.4 Å². The Hall–Kier alpha value is -0.421. The van der Waals surface area contributed by atoms with E-state index in [1.807, 2.05) is 19.5 Å². The average Bonchev–Trinajstić information content (AvgIpc) is 2.59. The third kappa shape index (κ3) is 1.62. The number of nitrogens with zero attached hydrogens (tertiary/aromatic N) is 2. The summed E-state index contributed by atoms with van der Waals surface area (Å²) < 4.78 is 5.94. The number of nitrogens with one attached hydrogen (secondary N) is 1. The SMILES string of the molecule is CNCc1cnc(C)c2[c]1[Sn][N]=C2. The molecule has 1 aromatic heterocycles. The van der Waals surface area contributed by atoms with Gasteiger partial charge in [0, 0.05) is 0 Å². The van der Waals surface area contributed by atoms with E-state index in [1.165, 1.54) is 14.7 Å². The van der Waals surface area contributed by atoms with Crippen LogP contribution in [0.25, 0.3) is 0 Å². The molecule has 0 aromatic carbocycles. The minimum atomic E-state index is -0.659. The van der Waals surface area contributed by atoms with Crippen molar-refractivity contribution < 1.29 is 0 Å². The monoisotopic (exact) mass is 281 g/mol. The topological polar surface area (TPSA) is 37.3 Å². The molecule has 2 radical (unpaired) electrons. The van der Waals surface area contributed by atoms with Crippen LogP contribution in [0.4, 0.5) is 0 Å². The summed E-state index contributed by atoms with van der Waals surface area (Å²) in [6, 6.07) is 0. The van der Waals surface area contributed by atoms with Crippen LogP contribution in [0.5, 0.6) is 0 Å². The second kappa shape index (κ2) is 3.75. The molecule has 0 unspecified atom stereocenters. The van der Waals surface area contributed by atoms with Gasteiger partial charge in [-0.25, -0.2) is 0 Å². The molecule has 0 saturated carbocycles. The molecule has 0 spiro atoms. The van der Waals surface area contributed by atoms with Gasteiger partial charge in [-0.05, 0) is 0 Å². The van der Waals surface area contributed by atoms with Crippen LogP contribution < -0.4 is 8.90 Å². The second-order valence-electron chi connectivity index (χ2n) is 3.06. The van der Waals surface area contributed by atoms with Gasteiger partial charge in [-0.1, -0.05) is 0 Å². The number of rotatable bonds is 2. The molecule has 0 aliphatic carbocycles. The Morgan fingerprint density at radius 2 is 2.38 bits per heavy atom. The molecule has 0 atom stereocenters. The molecule has 66 valence electrons. The Morgan fingerprint density at radius 3 is 3.15 bits per heavy atom. The Balaban J connectivity index is 2.47. The summed E-state index contributed by atoms with van der Waals surface area (Å²) in [5.74, 6) is 0. The van der Waals surface area contributed by atoms with E-state index in [0.29, 0.717) is 0 Å². The first-order valence-corrected chi connectivity index (χ1v) is 6.95. The number of hydrogen-bond acceptors (Lipinski definition) is 3. The van der Waals surface area contributed by atoms with Gasteiger partial charge in [0.1, 0.15) is 0 Å². The number of aromatic nitrogens is 1. The normalized spacial score (nSPS) is 13.4. The van der Waals surface area contributed by atoms with Gasteiger partial charge in [-0.2, -0.15) is 0 Å². The Kier molecular flexibility index (Phi) is 2.64. The number of pyridine rings is 1. The van der Waals surface area contributed by atoms with Crippen LogP contribution in [-0.2, 0) is 6.54 Å². The van der Waals surface area contributed by atoms with E-state index >= 15 is 0 Å². The maximum absolute atomic E-state index is 4.43. The standard InChI is InChI=1S/C9H11N3.Sn/c1-7-9(4-10)3-8(5-11-2)6-12-7;/h4,6,11H,5H2,1-2H3;/q-1;+1. The molecule has 4 heteroatoms. The van der Waals surface area contributed by atoms with Crippen LogP contribution in [0.3, 0.4) is 0 Å². The van der Waals surface area contributed by atoms with Gasteiger partial charge in [0.15, 0.2) is 0 Å². The predicted molar refractivity (Wildman–Crippen MR) is 54.7 cm³/mol. The number of fused-ring (bicyclic) bond motifs is 1. The van der Waals surface area contributed by atoms with Crippen LogP contribution in [0.1, 0.15) is 16.8 Å². The minimum absolute atomic E-state index is 0.659. The summed E-state index contributed by atoms with van der Waals surface area (Å²) in [7, 11) is 1.97. The fourth-order valence-electron chi connectivity index (χ4n) is 1.44. The van der Waals surface area contributed by atoms with Crippen molar-refractivity contribution in [1.29, 1.82) is 0 Å². The molecule has 2 heterocycles. The third-order valence-corrected chi connectivity index (χ3v) is 5.19. The number of hydrogen-bond donors (Lipinski definition) is 1. The van der Waals surface area contributed by atoms with E-state index in [9.17, 15) is 0 Å². The van der Waals surface area contributed by atoms with Gasteiger partial charge in [0.05, 0.1) is 0 Å². The predicted octanol–water partition coefficient (Wildman–Crippen LogP) is -0.214. The fourth-order valence-corrected chi connectivity index (χ4v) is 4.25. The second-order valence-corrected chi connectivity index (χ2v) is 5.86. The first kappa shape index (κ1) is 9.15. The summed E-state index contributed by atoms with van der Waals surface area (Å²) in [5, 5.41) is 3.16. The molecule has 13 heavy (non-hydrogen) atoms. The van der Waals surface area contributed by atoms with Crippen LogP contribution in [0, 0.1) is 6.92 Å². The molecule has 2 rings (SSSR count). The first-order chi connectivity index (χ1) is 6.33. The molecule has 3 nitrogen and oxygen atoms in total. The van der Waals surface area contributed by atoms with E-state index in [0.717, 1.165) is 12.2 Å². The van der Waals surface area contributed by atoms with Crippen molar-refractivity contribution in [2.75, 3.05) is 7.05 Å². The molecule has 1 aliphatic heterocycles.